The summed E-state index contributed by atoms with van der Waals surface area (Å²) in [4.78, 5) is 105. The van der Waals surface area contributed by atoms with Crippen molar-refractivity contribution in [1.82, 2.24) is 26.6 Å². The maximum Gasteiger partial charge on any atom is 0.244 e. The first kappa shape index (κ1) is 123. The number of ether oxygens (including phenoxy) is 8. The van der Waals surface area contributed by atoms with Crippen molar-refractivity contribution in [3.63, 3.8) is 0 Å². The molecule has 140 heavy (non-hydrogen) atoms. The van der Waals surface area contributed by atoms with Crippen LogP contribution in [0.15, 0.2) is 235 Å². The largest absolute Gasteiger partial charge is 0.379 e. The molecule has 0 aromatic heterocycles. The van der Waals surface area contributed by atoms with Gasteiger partial charge >= 0.3 is 0 Å². The summed E-state index contributed by atoms with van der Waals surface area (Å²) in [7, 11) is 0. The van der Waals surface area contributed by atoms with Crippen molar-refractivity contribution < 1.29 is 76.3 Å². The maximum absolute atomic E-state index is 13.7. The summed E-state index contributed by atoms with van der Waals surface area (Å²) in [6.45, 7) is 49.9. The number of rotatable bonds is 70. The summed E-state index contributed by atoms with van der Waals surface area (Å²) in [6.07, 6.45) is 67.3. The van der Waals surface area contributed by atoms with Crippen LogP contribution in [0.25, 0.3) is 0 Å². The van der Waals surface area contributed by atoms with Crippen LogP contribution in [-0.2, 0) is 76.3 Å². The SMILES string of the molecule is CC1=C(/C=C/C(C)=C/C=C/C(C)=C/C(=O)C[C@@H](CCCCNC(=O)/C=C(C)/C=C/C=C(C)/C=C/C2=C(C)CCCC2(C)C)C(=O)NCCOCCOCCCC(=O)CCOCCOCCOCCOCCC(=O)NCCOCCOCCCC(=O)[C@H](CCCCNC(=O)/C=C(C)/C=C/C=C(C)/C=C/C2=C(C)CCCC2(C)C)NC(=O)/C=C(C)/C=C/C=C(C)/C=C/C2=C(C)CCCC2(C)C)C(C)(C)CCC1. The first-order valence-corrected chi connectivity index (χ1v) is 52.0. The van der Waals surface area contributed by atoms with Crippen LogP contribution in [0.1, 0.15) is 299 Å². The monoisotopic (exact) mass is 1940 g/mol. The first-order chi connectivity index (χ1) is 66.8. The highest BCUT2D eigenvalue weighted by molar-refractivity contribution is 5.95. The van der Waals surface area contributed by atoms with Gasteiger partial charge in [0.2, 0.25) is 29.5 Å². The second kappa shape index (κ2) is 70.5. The van der Waals surface area contributed by atoms with E-state index in [0.29, 0.717) is 176 Å². The number of carbonyl (C=O) groups is 8. The molecule has 0 radical (unpaired) electrons. The van der Waals surface area contributed by atoms with E-state index in [0.717, 1.165) is 70.3 Å². The lowest BCUT2D eigenvalue weighted by Gasteiger charge is -2.33. The quantitative estimate of drug-likeness (QED) is 0.0215. The first-order valence-electron chi connectivity index (χ1n) is 52.0. The molecule has 0 fully saturated rings. The van der Waals surface area contributed by atoms with Gasteiger partial charge in [-0.15, -0.1) is 0 Å². The van der Waals surface area contributed by atoms with Crippen molar-refractivity contribution in [2.45, 2.75) is 305 Å². The molecule has 2 atom stereocenters. The van der Waals surface area contributed by atoms with Gasteiger partial charge in [-0.05, 0) is 277 Å². The average molecular weight is 1940 g/mol. The molecule has 0 aromatic carbocycles. The summed E-state index contributed by atoms with van der Waals surface area (Å²) in [5, 5.41) is 14.7. The van der Waals surface area contributed by atoms with Crippen molar-refractivity contribution in [2.75, 3.05) is 132 Å². The van der Waals surface area contributed by atoms with Crippen molar-refractivity contribution in [2.24, 2.45) is 27.6 Å². The number of Topliss-reactive ketones (excluding diaryl/α,β-unsaturated/α-hetero) is 2. The summed E-state index contributed by atoms with van der Waals surface area (Å²) in [5.41, 5.74) is 19.8. The average Bonchev–Trinajstić information content (AvgIpc) is 0.833. The molecule has 5 amide bonds. The van der Waals surface area contributed by atoms with E-state index in [1.165, 1.54) is 102 Å². The number of hydrogen-bond acceptors (Lipinski definition) is 16. The van der Waals surface area contributed by atoms with Crippen LogP contribution in [0.3, 0.4) is 0 Å². The minimum absolute atomic E-state index is 0.0494. The van der Waals surface area contributed by atoms with E-state index < -0.39 is 12.0 Å². The third kappa shape index (κ3) is 56.0. The number of nitrogens with one attached hydrogen (secondary N) is 5. The predicted molar refractivity (Wildman–Crippen MR) is 574 cm³/mol. The summed E-state index contributed by atoms with van der Waals surface area (Å²) >= 11 is 0. The molecule has 21 nitrogen and oxygen atoms in total. The molecular formula is C119H181N5O16. The molecule has 4 aliphatic rings. The van der Waals surface area contributed by atoms with Gasteiger partial charge in [-0.25, -0.2) is 0 Å². The number of allylic oxidation sites excluding steroid dienone is 37. The Morgan fingerprint density at radius 2 is 0.636 bits per heavy atom. The molecule has 0 spiro atoms. The molecule has 0 saturated carbocycles. The molecule has 0 saturated heterocycles. The zero-order valence-electron chi connectivity index (χ0n) is 89.9. The topological polar surface area (TPSA) is 271 Å². The zero-order chi connectivity index (χ0) is 103. The van der Waals surface area contributed by atoms with Crippen molar-refractivity contribution in [1.29, 1.82) is 0 Å². The van der Waals surface area contributed by atoms with Crippen molar-refractivity contribution >= 4 is 46.9 Å². The van der Waals surface area contributed by atoms with Gasteiger partial charge in [-0.2, -0.15) is 0 Å². The van der Waals surface area contributed by atoms with E-state index in [2.05, 4.69) is 192 Å². The molecular weight excluding hydrogens is 1760 g/mol. The van der Waals surface area contributed by atoms with Gasteiger partial charge in [0, 0.05) is 95.6 Å². The lowest BCUT2D eigenvalue weighted by atomic mass is 9.72. The number of hydrogen-bond donors (Lipinski definition) is 5. The van der Waals surface area contributed by atoms with E-state index in [4.69, 9.17) is 37.9 Å². The second-order valence-electron chi connectivity index (χ2n) is 40.9. The molecule has 0 heterocycles. The molecule has 21 heteroatoms. The molecule has 0 aliphatic heterocycles. The predicted octanol–water partition coefficient (Wildman–Crippen LogP) is 23.6. The van der Waals surface area contributed by atoms with Crippen molar-refractivity contribution in [3.05, 3.63) is 235 Å². The minimum Gasteiger partial charge on any atom is -0.379 e. The highest BCUT2D eigenvalue weighted by Crippen LogP contribution is 2.44. The summed E-state index contributed by atoms with van der Waals surface area (Å²) in [6, 6.07) is -0.711. The van der Waals surface area contributed by atoms with Gasteiger partial charge in [0.05, 0.1) is 98.5 Å². The number of ketones is 3. The Kier molecular flexibility index (Phi) is 62.0. The van der Waals surface area contributed by atoms with E-state index >= 15 is 0 Å². The Morgan fingerprint density at radius 1 is 0.314 bits per heavy atom. The summed E-state index contributed by atoms with van der Waals surface area (Å²) in [5.74, 6) is -1.81. The Hall–Kier alpha value is -9.16. The maximum atomic E-state index is 13.7. The molecule has 0 bridgehead atoms. The van der Waals surface area contributed by atoms with Crippen LogP contribution < -0.4 is 26.6 Å². The molecule has 0 aromatic rings. The van der Waals surface area contributed by atoms with Crippen LogP contribution in [0.5, 0.6) is 0 Å². The number of amides is 5. The van der Waals surface area contributed by atoms with E-state index in [1.54, 1.807) is 18.2 Å². The zero-order valence-corrected chi connectivity index (χ0v) is 89.9. The summed E-state index contributed by atoms with van der Waals surface area (Å²) < 4.78 is 45.3. The third-order valence-corrected chi connectivity index (χ3v) is 26.0. The lowest BCUT2D eigenvalue weighted by molar-refractivity contribution is -0.128. The highest BCUT2D eigenvalue weighted by atomic mass is 16.6. The van der Waals surface area contributed by atoms with E-state index in [1.807, 2.05) is 94.5 Å². The van der Waals surface area contributed by atoms with Gasteiger partial charge in [-0.3, -0.25) is 38.4 Å². The fraction of sp³-hybridized carbons (Fsp3) is 0.597. The number of unbranched alkanes of at least 4 members (excludes halogenated alkanes) is 2. The smallest absolute Gasteiger partial charge is 0.244 e. The van der Waals surface area contributed by atoms with Gasteiger partial charge in [0.1, 0.15) is 5.78 Å². The highest BCUT2D eigenvalue weighted by Gasteiger charge is 2.31. The van der Waals surface area contributed by atoms with Gasteiger partial charge in [0.25, 0.3) is 0 Å². The van der Waals surface area contributed by atoms with Gasteiger partial charge in [0.15, 0.2) is 11.6 Å². The van der Waals surface area contributed by atoms with Crippen molar-refractivity contribution in [3.8, 4) is 0 Å². The molecule has 4 rings (SSSR count). The van der Waals surface area contributed by atoms with Gasteiger partial charge in [-0.1, -0.05) is 228 Å². The normalized spacial score (nSPS) is 17.8. The second-order valence-corrected chi connectivity index (χ2v) is 40.9. The fourth-order valence-corrected chi connectivity index (χ4v) is 17.8. The Labute approximate surface area is 844 Å². The molecule has 778 valence electrons. The molecule has 4 aliphatic carbocycles. The lowest BCUT2D eigenvalue weighted by Crippen LogP contribution is -2.40. The Balaban J connectivity index is 1.03. The minimum atomic E-state index is -0.711. The van der Waals surface area contributed by atoms with Crippen LogP contribution in [0.2, 0.25) is 0 Å². The standard InChI is InChI=1S/C119H181N5O16/c1-90(51-55-105-98(9)43-29-61-116(105,13)14)35-25-39-94(5)85-104(126)89-102(47-21-23-65-120-112(129)86-95(6)40-26-36-91(2)52-56-106-99(10)44-30-62-117(106,15)16)115(132)123-68-74-138-80-75-133-69-33-48-103(125)59-71-135-77-81-139-83-84-140-82-78-136-72-60-111(128)122-67-73-137-79-76-134-70-34-50-110(127)109(124-114(131)88-97(8)42-28-38-93(4)54-58-108-101(12)46-32-64-119(108,19)20)49-22-24-66-121-113(130)87-96(7)41-27-37-92(3)53-57-107-100(11)45-31-63-118(107,17)18/h25-28,35-42,51-58,85-88,102,109H,21-24,29-34,43-50,59-84,89H2,1-20H3,(H,120,129)(H,121,130)(H,122,128)(H,123,132)(H,124,131)/b39-25+,40-26+,41-27+,42-28+,55-51+,56-52+,57-53+,58-54+,90-35+,91-36+,92-37+,93-38+,94-85+,95-86+,96-87+,97-88+/t102-,109+/m1/s1. The Morgan fingerprint density at radius 3 is 1.01 bits per heavy atom. The van der Waals surface area contributed by atoms with Crippen LogP contribution in [0, 0.1) is 27.6 Å². The molecule has 5 N–H and O–H groups in total. The fourth-order valence-electron chi connectivity index (χ4n) is 17.8. The third-order valence-electron chi connectivity index (χ3n) is 26.0. The van der Waals surface area contributed by atoms with Gasteiger partial charge < -0.3 is 64.5 Å². The Bertz CT molecular complexity index is 4290. The molecule has 0 unspecified atom stereocenters. The van der Waals surface area contributed by atoms with Crippen LogP contribution >= 0.6 is 0 Å². The van der Waals surface area contributed by atoms with E-state index in [-0.39, 0.29) is 108 Å². The van der Waals surface area contributed by atoms with Crippen LogP contribution in [0.4, 0.5) is 0 Å². The van der Waals surface area contributed by atoms with Crippen LogP contribution in [-0.4, -0.2) is 185 Å². The van der Waals surface area contributed by atoms with E-state index in [9.17, 15) is 38.4 Å². The number of carbonyl (C=O) groups excluding carboxylic acids is 8.